The summed E-state index contributed by atoms with van der Waals surface area (Å²) in [6.45, 7) is 1.05. The molecule has 1 aliphatic carbocycles. The van der Waals surface area contributed by atoms with Crippen LogP contribution in [-0.4, -0.2) is 15.8 Å². The van der Waals surface area contributed by atoms with E-state index in [0.29, 0.717) is 24.7 Å². The molecule has 2 aromatic rings. The molecular formula is C15H16F3N3. The highest BCUT2D eigenvalue weighted by Gasteiger charge is 2.30. The molecule has 21 heavy (non-hydrogen) atoms. The van der Waals surface area contributed by atoms with Gasteiger partial charge in [0.2, 0.25) is 0 Å². The van der Waals surface area contributed by atoms with Gasteiger partial charge in [0, 0.05) is 18.8 Å². The molecule has 6 heteroatoms. The third kappa shape index (κ3) is 3.85. The van der Waals surface area contributed by atoms with Crippen LogP contribution in [0.4, 0.5) is 13.2 Å². The Labute approximate surface area is 120 Å². The number of alkyl halides is 3. The molecule has 1 N–H and O–H groups in total. The zero-order chi connectivity index (χ0) is 14.9. The maximum absolute atomic E-state index is 12.7. The molecule has 0 bridgehead atoms. The van der Waals surface area contributed by atoms with Gasteiger partial charge in [-0.2, -0.15) is 18.3 Å². The molecule has 0 spiro atoms. The van der Waals surface area contributed by atoms with E-state index >= 15 is 0 Å². The fraction of sp³-hybridized carbons (Fsp3) is 0.400. The Hall–Kier alpha value is -1.82. The Kier molecular flexibility index (Phi) is 3.71. The van der Waals surface area contributed by atoms with Crippen LogP contribution >= 0.6 is 0 Å². The summed E-state index contributed by atoms with van der Waals surface area (Å²) in [4.78, 5) is 0. The standard InChI is InChI=1S/C15H16F3N3/c16-15(17,18)12-3-1-2-11(8-12)10-21-7-6-14(20-21)9-19-13-4-5-13/h1-3,6-8,13,19H,4-5,9-10H2. The number of halogens is 3. The lowest BCUT2D eigenvalue weighted by molar-refractivity contribution is -0.137. The second kappa shape index (κ2) is 5.52. The molecule has 1 aliphatic rings. The van der Waals surface area contributed by atoms with Crippen molar-refractivity contribution >= 4 is 0 Å². The molecular weight excluding hydrogens is 279 g/mol. The van der Waals surface area contributed by atoms with E-state index in [1.807, 2.05) is 6.07 Å². The first-order valence-electron chi connectivity index (χ1n) is 6.92. The van der Waals surface area contributed by atoms with Crippen LogP contribution in [0.2, 0.25) is 0 Å². The van der Waals surface area contributed by atoms with Gasteiger partial charge in [-0.15, -0.1) is 0 Å². The quantitative estimate of drug-likeness (QED) is 0.918. The number of benzene rings is 1. The van der Waals surface area contributed by atoms with E-state index in [-0.39, 0.29) is 0 Å². The molecule has 0 unspecified atom stereocenters. The molecule has 3 rings (SSSR count). The Morgan fingerprint density at radius 1 is 1.24 bits per heavy atom. The summed E-state index contributed by atoms with van der Waals surface area (Å²) in [7, 11) is 0. The molecule has 1 aromatic heterocycles. The number of hydrogen-bond acceptors (Lipinski definition) is 2. The molecule has 112 valence electrons. The van der Waals surface area contributed by atoms with Gasteiger partial charge in [-0.1, -0.05) is 12.1 Å². The minimum Gasteiger partial charge on any atom is -0.308 e. The zero-order valence-electron chi connectivity index (χ0n) is 11.4. The number of aromatic nitrogens is 2. The number of hydrogen-bond donors (Lipinski definition) is 1. The molecule has 3 nitrogen and oxygen atoms in total. The first kappa shape index (κ1) is 14.1. The van der Waals surface area contributed by atoms with E-state index in [0.717, 1.165) is 11.8 Å². The molecule has 0 amide bonds. The van der Waals surface area contributed by atoms with E-state index < -0.39 is 11.7 Å². The van der Waals surface area contributed by atoms with Gasteiger partial charge >= 0.3 is 6.18 Å². The summed E-state index contributed by atoms with van der Waals surface area (Å²) >= 11 is 0. The molecule has 0 atom stereocenters. The van der Waals surface area contributed by atoms with Crippen molar-refractivity contribution in [1.82, 2.24) is 15.1 Å². The van der Waals surface area contributed by atoms with Crippen molar-refractivity contribution < 1.29 is 13.2 Å². The number of nitrogens with one attached hydrogen (secondary N) is 1. The maximum atomic E-state index is 12.7. The highest BCUT2D eigenvalue weighted by molar-refractivity contribution is 5.25. The highest BCUT2D eigenvalue weighted by atomic mass is 19.4. The predicted octanol–water partition coefficient (Wildman–Crippen LogP) is 3.20. The molecule has 0 radical (unpaired) electrons. The fourth-order valence-electron chi connectivity index (χ4n) is 2.16. The Balaban J connectivity index is 1.65. The zero-order valence-corrected chi connectivity index (χ0v) is 11.4. The summed E-state index contributed by atoms with van der Waals surface area (Å²) in [6, 6.07) is 7.86. The van der Waals surface area contributed by atoms with Crippen molar-refractivity contribution in [2.75, 3.05) is 0 Å². The van der Waals surface area contributed by atoms with Gasteiger partial charge in [0.1, 0.15) is 0 Å². The maximum Gasteiger partial charge on any atom is 0.416 e. The van der Waals surface area contributed by atoms with E-state index in [2.05, 4.69) is 10.4 Å². The largest absolute Gasteiger partial charge is 0.416 e. The Bertz CT molecular complexity index is 615. The summed E-state index contributed by atoms with van der Waals surface area (Å²) in [6.07, 6.45) is -0.0838. The first-order valence-corrected chi connectivity index (χ1v) is 6.92. The normalized spacial score (nSPS) is 15.4. The van der Waals surface area contributed by atoms with Crippen LogP contribution in [0.1, 0.15) is 29.7 Å². The molecule has 1 heterocycles. The summed E-state index contributed by atoms with van der Waals surface area (Å²) < 4.78 is 39.7. The SMILES string of the molecule is FC(F)(F)c1cccc(Cn2ccc(CNC3CC3)n2)c1. The average molecular weight is 295 g/mol. The average Bonchev–Trinajstić information content (AvgIpc) is 3.16. The Morgan fingerprint density at radius 2 is 2.05 bits per heavy atom. The summed E-state index contributed by atoms with van der Waals surface area (Å²) in [5, 5.41) is 7.72. The lowest BCUT2D eigenvalue weighted by atomic mass is 10.1. The van der Waals surface area contributed by atoms with Crippen LogP contribution in [-0.2, 0) is 19.3 Å². The van der Waals surface area contributed by atoms with Crippen molar-refractivity contribution in [2.45, 2.75) is 38.1 Å². The molecule has 1 saturated carbocycles. The lowest BCUT2D eigenvalue weighted by Crippen LogP contribution is -2.16. The third-order valence-electron chi connectivity index (χ3n) is 3.44. The second-order valence-electron chi connectivity index (χ2n) is 5.36. The number of rotatable bonds is 5. The minimum atomic E-state index is -4.31. The Morgan fingerprint density at radius 3 is 2.76 bits per heavy atom. The summed E-state index contributed by atoms with van der Waals surface area (Å²) in [5.74, 6) is 0. The van der Waals surface area contributed by atoms with Gasteiger partial charge in [0.15, 0.2) is 0 Å². The number of nitrogens with zero attached hydrogens (tertiary/aromatic N) is 2. The van der Waals surface area contributed by atoms with Gasteiger partial charge in [-0.25, -0.2) is 0 Å². The molecule has 1 aromatic carbocycles. The van der Waals surface area contributed by atoms with E-state index in [1.54, 1.807) is 16.9 Å². The summed E-state index contributed by atoms with van der Waals surface area (Å²) in [5.41, 5.74) is 0.881. The van der Waals surface area contributed by atoms with Crippen molar-refractivity contribution in [1.29, 1.82) is 0 Å². The van der Waals surface area contributed by atoms with Crippen LogP contribution in [0.3, 0.4) is 0 Å². The van der Waals surface area contributed by atoms with Crippen LogP contribution in [0.15, 0.2) is 36.5 Å². The van der Waals surface area contributed by atoms with Crippen LogP contribution < -0.4 is 5.32 Å². The van der Waals surface area contributed by atoms with E-state index in [4.69, 9.17) is 0 Å². The van der Waals surface area contributed by atoms with Crippen molar-refractivity contribution in [3.05, 3.63) is 53.3 Å². The second-order valence-corrected chi connectivity index (χ2v) is 5.36. The van der Waals surface area contributed by atoms with Crippen molar-refractivity contribution in [2.24, 2.45) is 0 Å². The van der Waals surface area contributed by atoms with Crippen LogP contribution in [0.25, 0.3) is 0 Å². The van der Waals surface area contributed by atoms with Gasteiger partial charge in [0.25, 0.3) is 0 Å². The topological polar surface area (TPSA) is 29.9 Å². The van der Waals surface area contributed by atoms with Gasteiger partial charge in [0.05, 0.1) is 17.8 Å². The van der Waals surface area contributed by atoms with Gasteiger partial charge in [-0.3, -0.25) is 4.68 Å². The molecule has 1 fully saturated rings. The van der Waals surface area contributed by atoms with E-state index in [9.17, 15) is 13.2 Å². The lowest BCUT2D eigenvalue weighted by Gasteiger charge is -2.08. The van der Waals surface area contributed by atoms with E-state index in [1.165, 1.54) is 25.0 Å². The molecule has 0 aliphatic heterocycles. The van der Waals surface area contributed by atoms with Crippen LogP contribution in [0.5, 0.6) is 0 Å². The third-order valence-corrected chi connectivity index (χ3v) is 3.44. The van der Waals surface area contributed by atoms with Crippen molar-refractivity contribution in [3.8, 4) is 0 Å². The van der Waals surface area contributed by atoms with Crippen molar-refractivity contribution in [3.63, 3.8) is 0 Å². The smallest absolute Gasteiger partial charge is 0.308 e. The monoisotopic (exact) mass is 295 g/mol. The predicted molar refractivity (Wildman–Crippen MR) is 72.6 cm³/mol. The molecule has 0 saturated heterocycles. The first-order chi connectivity index (χ1) is 10.0. The fourth-order valence-corrected chi connectivity index (χ4v) is 2.16. The minimum absolute atomic E-state index is 0.341. The van der Waals surface area contributed by atoms with Gasteiger partial charge in [-0.05, 0) is 36.6 Å². The highest BCUT2D eigenvalue weighted by Crippen LogP contribution is 2.29. The van der Waals surface area contributed by atoms with Crippen LogP contribution in [0, 0.1) is 0 Å². The van der Waals surface area contributed by atoms with Gasteiger partial charge < -0.3 is 5.32 Å².